The molecule has 1 aliphatic carbocycles. The predicted octanol–water partition coefficient (Wildman–Crippen LogP) is 2.56. The van der Waals surface area contributed by atoms with Gasteiger partial charge in [-0.25, -0.2) is 0 Å². The number of nitrogens with zero attached hydrogens (tertiary/aromatic N) is 1. The molecule has 136 valence electrons. The van der Waals surface area contributed by atoms with Crippen molar-refractivity contribution in [3.8, 4) is 23.3 Å². The number of ketones is 2. The molecule has 1 aliphatic heterocycles. The molecule has 7 nitrogen and oxygen atoms in total. The number of carbonyl (C=O) groups excluding carboxylic acids is 2. The number of benzene rings is 1. The van der Waals surface area contributed by atoms with E-state index in [2.05, 4.69) is 0 Å². The molecule has 0 radical (unpaired) electrons. The molecule has 0 saturated carbocycles. The molecular formula is C18H16ClNO6. The van der Waals surface area contributed by atoms with Crippen molar-refractivity contribution in [2.75, 3.05) is 21.3 Å². The molecule has 2 aliphatic rings. The third-order valence-corrected chi connectivity index (χ3v) is 5.22. The van der Waals surface area contributed by atoms with E-state index >= 15 is 0 Å². The van der Waals surface area contributed by atoms with Gasteiger partial charge in [0, 0.05) is 18.1 Å². The van der Waals surface area contributed by atoms with Gasteiger partial charge in [0.1, 0.15) is 28.0 Å². The van der Waals surface area contributed by atoms with Gasteiger partial charge in [-0.1, -0.05) is 18.5 Å². The van der Waals surface area contributed by atoms with E-state index in [1.54, 1.807) is 6.92 Å². The van der Waals surface area contributed by atoms with Crippen molar-refractivity contribution in [2.24, 2.45) is 11.8 Å². The second-order valence-corrected chi connectivity index (χ2v) is 6.35. The lowest BCUT2D eigenvalue weighted by atomic mass is 9.70. The van der Waals surface area contributed by atoms with Gasteiger partial charge in [-0.3, -0.25) is 9.59 Å². The Morgan fingerprint density at radius 3 is 2.38 bits per heavy atom. The van der Waals surface area contributed by atoms with Crippen molar-refractivity contribution >= 4 is 23.2 Å². The second-order valence-electron chi connectivity index (χ2n) is 5.98. The largest absolute Gasteiger partial charge is 0.496 e. The fourth-order valence-corrected chi connectivity index (χ4v) is 3.75. The third kappa shape index (κ3) is 2.12. The minimum absolute atomic E-state index is 0.0276. The van der Waals surface area contributed by atoms with E-state index in [9.17, 15) is 14.9 Å². The summed E-state index contributed by atoms with van der Waals surface area (Å²) in [5.74, 6) is -2.19. The zero-order chi connectivity index (χ0) is 19.2. The van der Waals surface area contributed by atoms with E-state index in [0.717, 1.165) is 6.08 Å². The van der Waals surface area contributed by atoms with E-state index in [-0.39, 0.29) is 33.6 Å². The first kappa shape index (κ1) is 18.1. The molecule has 0 N–H and O–H groups in total. The molecule has 0 fully saturated rings. The van der Waals surface area contributed by atoms with Gasteiger partial charge in [0.15, 0.2) is 17.3 Å². The summed E-state index contributed by atoms with van der Waals surface area (Å²) in [6.45, 7) is 1.60. The Kier molecular flexibility index (Phi) is 4.32. The first-order valence-electron chi connectivity index (χ1n) is 7.75. The Balaban J connectivity index is 2.29. The lowest BCUT2D eigenvalue weighted by molar-refractivity contribution is -0.121. The minimum atomic E-state index is -1.67. The topological polar surface area (TPSA) is 94.9 Å². The fourth-order valence-electron chi connectivity index (χ4n) is 3.48. The zero-order valence-electron chi connectivity index (χ0n) is 14.6. The van der Waals surface area contributed by atoms with Crippen LogP contribution in [0.15, 0.2) is 17.9 Å². The molecule has 1 spiro atoms. The molecule has 26 heavy (non-hydrogen) atoms. The number of rotatable bonds is 3. The van der Waals surface area contributed by atoms with Crippen LogP contribution in [0, 0.1) is 23.2 Å². The molecule has 1 heterocycles. The molecule has 0 amide bonds. The molecule has 1 aromatic carbocycles. The van der Waals surface area contributed by atoms with Crippen molar-refractivity contribution < 1.29 is 28.5 Å². The van der Waals surface area contributed by atoms with Gasteiger partial charge in [-0.05, 0) is 0 Å². The van der Waals surface area contributed by atoms with Gasteiger partial charge in [0.25, 0.3) is 0 Å². The summed E-state index contributed by atoms with van der Waals surface area (Å²) in [7, 11) is 4.16. The quantitative estimate of drug-likeness (QED) is 0.798. The molecule has 8 heteroatoms. The Labute approximate surface area is 155 Å². The molecule has 3 unspecified atom stereocenters. The number of hydrogen-bond donors (Lipinski definition) is 0. The van der Waals surface area contributed by atoms with E-state index in [0.29, 0.717) is 0 Å². The maximum Gasteiger partial charge on any atom is 0.232 e. The fraction of sp³-hybridized carbons (Fsp3) is 0.389. The zero-order valence-corrected chi connectivity index (χ0v) is 15.3. The predicted molar refractivity (Wildman–Crippen MR) is 90.6 cm³/mol. The highest BCUT2D eigenvalue weighted by atomic mass is 35.5. The van der Waals surface area contributed by atoms with Crippen LogP contribution in [0.25, 0.3) is 0 Å². The number of methoxy groups -OCH3 is 3. The lowest BCUT2D eigenvalue weighted by Gasteiger charge is -2.38. The summed E-state index contributed by atoms with van der Waals surface area (Å²) in [5, 5.41) is 9.50. The normalized spacial score (nSPS) is 26.7. The van der Waals surface area contributed by atoms with E-state index in [1.807, 2.05) is 6.07 Å². The van der Waals surface area contributed by atoms with Crippen LogP contribution in [0.3, 0.4) is 0 Å². The van der Waals surface area contributed by atoms with Gasteiger partial charge < -0.3 is 18.9 Å². The van der Waals surface area contributed by atoms with Crippen LogP contribution in [0.4, 0.5) is 0 Å². The number of halogens is 1. The summed E-state index contributed by atoms with van der Waals surface area (Å²) in [4.78, 5) is 25.6. The van der Waals surface area contributed by atoms with Crippen LogP contribution in [-0.4, -0.2) is 38.5 Å². The summed E-state index contributed by atoms with van der Waals surface area (Å²) in [6.07, 6.45) is 1.13. The number of hydrogen-bond acceptors (Lipinski definition) is 7. The molecule has 3 rings (SSSR count). The van der Waals surface area contributed by atoms with Crippen LogP contribution < -0.4 is 14.2 Å². The molecule has 3 atom stereocenters. The summed E-state index contributed by atoms with van der Waals surface area (Å²) in [6, 6.07) is 3.43. The first-order valence-corrected chi connectivity index (χ1v) is 8.13. The minimum Gasteiger partial charge on any atom is -0.496 e. The van der Waals surface area contributed by atoms with Crippen molar-refractivity contribution in [3.05, 3.63) is 28.5 Å². The molecule has 0 aromatic heterocycles. The average molecular weight is 378 g/mol. The van der Waals surface area contributed by atoms with Gasteiger partial charge in [0.05, 0.1) is 27.4 Å². The smallest absolute Gasteiger partial charge is 0.232 e. The van der Waals surface area contributed by atoms with Crippen molar-refractivity contribution in [1.29, 1.82) is 5.26 Å². The second kappa shape index (κ2) is 6.22. The van der Waals surface area contributed by atoms with Gasteiger partial charge >= 0.3 is 0 Å². The van der Waals surface area contributed by atoms with Gasteiger partial charge in [0.2, 0.25) is 11.4 Å². The SMILES string of the molecule is COC1=CC(=O)C(C#N)C(C)C12Oc1c(Cl)c(OC)cc(OC)c1C2=O. The van der Waals surface area contributed by atoms with Crippen LogP contribution >= 0.6 is 11.6 Å². The number of carbonyl (C=O) groups is 2. The first-order chi connectivity index (χ1) is 12.4. The highest BCUT2D eigenvalue weighted by molar-refractivity contribution is 6.35. The van der Waals surface area contributed by atoms with Crippen LogP contribution in [0.2, 0.25) is 5.02 Å². The van der Waals surface area contributed by atoms with Crippen LogP contribution in [0.5, 0.6) is 17.2 Å². The number of allylic oxidation sites excluding steroid dienone is 1. The Hall–Kier alpha value is -2.72. The molecule has 0 saturated heterocycles. The Bertz CT molecular complexity index is 887. The van der Waals surface area contributed by atoms with Crippen molar-refractivity contribution in [1.82, 2.24) is 0 Å². The molecule has 0 bridgehead atoms. The third-order valence-electron chi connectivity index (χ3n) is 4.86. The maximum absolute atomic E-state index is 13.4. The van der Waals surface area contributed by atoms with Gasteiger partial charge in [-0.15, -0.1) is 0 Å². The maximum atomic E-state index is 13.4. The van der Waals surface area contributed by atoms with E-state index < -0.39 is 29.0 Å². The number of Topliss-reactive ketones (excluding diaryl/α,β-unsaturated/α-hetero) is 1. The standard InChI is InChI=1S/C18H16ClNO6/c1-8-9(7-20)10(21)5-13(25-4)18(8)17(22)14-11(23-2)6-12(24-3)15(19)16(14)26-18/h5-6,8-9H,1-4H3. The monoisotopic (exact) mass is 377 g/mol. The number of fused-ring (bicyclic) bond motifs is 1. The Morgan fingerprint density at radius 1 is 1.19 bits per heavy atom. The average Bonchev–Trinajstić information content (AvgIpc) is 2.94. The van der Waals surface area contributed by atoms with Crippen molar-refractivity contribution in [3.63, 3.8) is 0 Å². The highest BCUT2D eigenvalue weighted by Gasteiger charge is 2.62. The van der Waals surface area contributed by atoms with E-state index in [4.69, 9.17) is 30.5 Å². The lowest BCUT2D eigenvalue weighted by Crippen LogP contribution is -2.54. The summed E-state index contributed by atoms with van der Waals surface area (Å²) in [5.41, 5.74) is -1.55. The summed E-state index contributed by atoms with van der Waals surface area (Å²) >= 11 is 6.34. The van der Waals surface area contributed by atoms with Gasteiger partial charge in [-0.2, -0.15) is 5.26 Å². The van der Waals surface area contributed by atoms with Crippen LogP contribution in [-0.2, 0) is 9.53 Å². The summed E-state index contributed by atoms with van der Waals surface area (Å²) < 4.78 is 21.8. The number of nitriles is 1. The van der Waals surface area contributed by atoms with Crippen molar-refractivity contribution in [2.45, 2.75) is 12.5 Å². The highest BCUT2D eigenvalue weighted by Crippen LogP contribution is 2.55. The number of ether oxygens (including phenoxy) is 4. The Morgan fingerprint density at radius 2 is 1.85 bits per heavy atom. The molecule has 1 aromatic rings. The van der Waals surface area contributed by atoms with E-state index in [1.165, 1.54) is 27.4 Å². The van der Waals surface area contributed by atoms with Crippen LogP contribution in [0.1, 0.15) is 17.3 Å². The molecular weight excluding hydrogens is 362 g/mol.